The van der Waals surface area contributed by atoms with Gasteiger partial charge in [-0.1, -0.05) is 12.1 Å². The number of para-hydroxylation sites is 1. The zero-order chi connectivity index (χ0) is 11.0. The maximum atomic E-state index is 12.0. The summed E-state index contributed by atoms with van der Waals surface area (Å²) in [6, 6.07) is 7.83. The van der Waals surface area contributed by atoms with Crippen LogP contribution in [-0.4, -0.2) is 24.7 Å². The van der Waals surface area contributed by atoms with Crippen LogP contribution >= 0.6 is 0 Å². The van der Waals surface area contributed by atoms with E-state index in [2.05, 4.69) is 16.0 Å². The normalized spacial score (nSPS) is 28.1. The zero-order valence-corrected chi connectivity index (χ0v) is 8.99. The number of hydrogen-bond donors (Lipinski definition) is 3. The van der Waals surface area contributed by atoms with Gasteiger partial charge in [0.25, 0.3) is 5.91 Å². The summed E-state index contributed by atoms with van der Waals surface area (Å²) >= 11 is 0. The number of hydrogen-bond acceptors (Lipinski definition) is 3. The van der Waals surface area contributed by atoms with Crippen molar-refractivity contribution in [2.45, 2.75) is 25.0 Å². The van der Waals surface area contributed by atoms with E-state index >= 15 is 0 Å². The first kappa shape index (κ1) is 9.66. The van der Waals surface area contributed by atoms with Gasteiger partial charge in [0.05, 0.1) is 17.8 Å². The molecule has 0 bridgehead atoms. The van der Waals surface area contributed by atoms with Crippen molar-refractivity contribution in [2.75, 3.05) is 11.9 Å². The van der Waals surface area contributed by atoms with Crippen LogP contribution < -0.4 is 16.0 Å². The standard InChI is InChI=1S/C12H15N3O/c16-12-8-4-1-2-5-9(8)14-11-10(15-12)6-3-7-13-11/h1-2,4-5,10-11,13-14H,3,6-7H2,(H,15,16)/t10-,11-/m1/s1. The fraction of sp³-hybridized carbons (Fsp3) is 0.417. The van der Waals surface area contributed by atoms with E-state index in [-0.39, 0.29) is 18.1 Å². The third-order valence-corrected chi connectivity index (χ3v) is 3.26. The first-order valence-corrected chi connectivity index (χ1v) is 5.74. The summed E-state index contributed by atoms with van der Waals surface area (Å²) in [5.74, 6) is 0.0271. The summed E-state index contributed by atoms with van der Waals surface area (Å²) in [6.07, 6.45) is 2.30. The summed E-state index contributed by atoms with van der Waals surface area (Å²) < 4.78 is 0. The summed E-state index contributed by atoms with van der Waals surface area (Å²) in [6.45, 7) is 1.01. The average Bonchev–Trinajstić information content (AvgIpc) is 2.45. The number of piperidine rings is 1. The van der Waals surface area contributed by atoms with E-state index in [0.717, 1.165) is 30.6 Å². The molecule has 2 aliphatic rings. The summed E-state index contributed by atoms with van der Waals surface area (Å²) in [5.41, 5.74) is 1.65. The second-order valence-corrected chi connectivity index (χ2v) is 4.34. The Hall–Kier alpha value is -1.55. The molecule has 4 nitrogen and oxygen atoms in total. The maximum Gasteiger partial charge on any atom is 0.253 e. The number of rotatable bonds is 0. The molecule has 1 amide bonds. The molecule has 0 unspecified atom stereocenters. The molecule has 3 N–H and O–H groups in total. The van der Waals surface area contributed by atoms with Crippen molar-refractivity contribution in [3.05, 3.63) is 29.8 Å². The predicted octanol–water partition coefficient (Wildman–Crippen LogP) is 0.920. The molecular weight excluding hydrogens is 202 g/mol. The number of benzene rings is 1. The number of anilines is 1. The molecule has 2 aliphatic heterocycles. The van der Waals surface area contributed by atoms with Crippen LogP contribution in [0.15, 0.2) is 24.3 Å². The molecule has 3 rings (SSSR count). The Labute approximate surface area is 94.4 Å². The molecule has 4 heteroatoms. The maximum absolute atomic E-state index is 12.0. The first-order valence-electron chi connectivity index (χ1n) is 5.74. The number of nitrogens with one attached hydrogen (secondary N) is 3. The van der Waals surface area contributed by atoms with Crippen molar-refractivity contribution < 1.29 is 4.79 Å². The minimum Gasteiger partial charge on any atom is -0.367 e. The smallest absolute Gasteiger partial charge is 0.253 e. The van der Waals surface area contributed by atoms with E-state index in [1.165, 1.54) is 0 Å². The molecule has 1 aromatic rings. The summed E-state index contributed by atoms with van der Waals surface area (Å²) in [5, 5.41) is 9.87. The molecule has 1 aromatic carbocycles. The quantitative estimate of drug-likeness (QED) is 0.605. The van der Waals surface area contributed by atoms with Crippen LogP contribution in [0.2, 0.25) is 0 Å². The Morgan fingerprint density at radius 1 is 1.19 bits per heavy atom. The van der Waals surface area contributed by atoms with Gasteiger partial charge in [0.2, 0.25) is 0 Å². The van der Waals surface area contributed by atoms with Crippen LogP contribution in [0.4, 0.5) is 5.69 Å². The third-order valence-electron chi connectivity index (χ3n) is 3.26. The lowest BCUT2D eigenvalue weighted by Gasteiger charge is -2.32. The highest BCUT2D eigenvalue weighted by Crippen LogP contribution is 2.22. The zero-order valence-electron chi connectivity index (χ0n) is 8.99. The van der Waals surface area contributed by atoms with Crippen LogP contribution in [0.5, 0.6) is 0 Å². The molecule has 2 heterocycles. The Morgan fingerprint density at radius 3 is 3.00 bits per heavy atom. The SMILES string of the molecule is O=C1N[C@@H]2CCCN[C@@H]2Nc2ccccc21. The van der Waals surface area contributed by atoms with E-state index in [1.54, 1.807) is 0 Å². The molecule has 1 fully saturated rings. The van der Waals surface area contributed by atoms with Gasteiger partial charge >= 0.3 is 0 Å². The van der Waals surface area contributed by atoms with Crippen LogP contribution in [-0.2, 0) is 0 Å². The monoisotopic (exact) mass is 217 g/mol. The average molecular weight is 217 g/mol. The van der Waals surface area contributed by atoms with Crippen molar-refractivity contribution in [1.29, 1.82) is 0 Å². The van der Waals surface area contributed by atoms with Gasteiger partial charge in [-0.25, -0.2) is 0 Å². The van der Waals surface area contributed by atoms with Gasteiger partial charge in [-0.15, -0.1) is 0 Å². The number of carbonyl (C=O) groups is 1. The lowest BCUT2D eigenvalue weighted by molar-refractivity contribution is 0.0927. The molecule has 16 heavy (non-hydrogen) atoms. The van der Waals surface area contributed by atoms with E-state index in [1.807, 2.05) is 24.3 Å². The number of fused-ring (bicyclic) bond motifs is 2. The second kappa shape index (κ2) is 3.79. The lowest BCUT2D eigenvalue weighted by Crippen LogP contribution is -2.55. The van der Waals surface area contributed by atoms with Crippen LogP contribution in [0.25, 0.3) is 0 Å². The highest BCUT2D eigenvalue weighted by molar-refractivity contribution is 6.00. The molecule has 0 spiro atoms. The minimum absolute atomic E-state index is 0.0271. The molecular formula is C12H15N3O. The second-order valence-electron chi connectivity index (χ2n) is 4.34. The van der Waals surface area contributed by atoms with Gasteiger partial charge < -0.3 is 10.6 Å². The summed E-state index contributed by atoms with van der Waals surface area (Å²) in [4.78, 5) is 12.0. The van der Waals surface area contributed by atoms with Crippen LogP contribution in [0.1, 0.15) is 23.2 Å². The van der Waals surface area contributed by atoms with Gasteiger partial charge in [-0.3, -0.25) is 10.1 Å². The highest BCUT2D eigenvalue weighted by Gasteiger charge is 2.30. The molecule has 0 radical (unpaired) electrons. The van der Waals surface area contributed by atoms with E-state index < -0.39 is 0 Å². The van der Waals surface area contributed by atoms with Gasteiger partial charge in [0, 0.05) is 5.69 Å². The number of carbonyl (C=O) groups excluding carboxylic acids is 1. The van der Waals surface area contributed by atoms with Gasteiger partial charge in [0.1, 0.15) is 0 Å². The fourth-order valence-corrected chi connectivity index (χ4v) is 2.42. The fourth-order valence-electron chi connectivity index (χ4n) is 2.42. The van der Waals surface area contributed by atoms with Crippen LogP contribution in [0.3, 0.4) is 0 Å². The van der Waals surface area contributed by atoms with E-state index in [0.29, 0.717) is 0 Å². The molecule has 1 saturated heterocycles. The summed E-state index contributed by atoms with van der Waals surface area (Å²) in [7, 11) is 0. The minimum atomic E-state index is 0.0271. The first-order chi connectivity index (χ1) is 7.84. The van der Waals surface area contributed by atoms with E-state index in [9.17, 15) is 4.79 Å². The Morgan fingerprint density at radius 2 is 2.06 bits per heavy atom. The van der Waals surface area contributed by atoms with Gasteiger partial charge in [-0.05, 0) is 31.5 Å². The van der Waals surface area contributed by atoms with Gasteiger partial charge in [0.15, 0.2) is 0 Å². The number of amides is 1. The van der Waals surface area contributed by atoms with Crippen LogP contribution in [0, 0.1) is 0 Å². The molecule has 0 aromatic heterocycles. The molecule has 2 atom stereocenters. The van der Waals surface area contributed by atoms with Crippen molar-refractivity contribution >= 4 is 11.6 Å². The Kier molecular flexibility index (Phi) is 2.29. The third kappa shape index (κ3) is 1.55. The molecule has 0 aliphatic carbocycles. The van der Waals surface area contributed by atoms with E-state index in [4.69, 9.17) is 0 Å². The van der Waals surface area contributed by atoms with Crippen molar-refractivity contribution in [3.8, 4) is 0 Å². The highest BCUT2D eigenvalue weighted by atomic mass is 16.1. The lowest BCUT2D eigenvalue weighted by atomic mass is 10.0. The van der Waals surface area contributed by atoms with Gasteiger partial charge in [-0.2, -0.15) is 0 Å². The predicted molar refractivity (Wildman–Crippen MR) is 62.3 cm³/mol. The Bertz CT molecular complexity index is 418. The molecule has 0 saturated carbocycles. The topological polar surface area (TPSA) is 53.2 Å². The van der Waals surface area contributed by atoms with Crippen molar-refractivity contribution in [3.63, 3.8) is 0 Å². The van der Waals surface area contributed by atoms with Crippen molar-refractivity contribution in [2.24, 2.45) is 0 Å². The largest absolute Gasteiger partial charge is 0.367 e. The Balaban J connectivity index is 1.97. The molecule has 84 valence electrons. The van der Waals surface area contributed by atoms with Crippen molar-refractivity contribution in [1.82, 2.24) is 10.6 Å².